The summed E-state index contributed by atoms with van der Waals surface area (Å²) in [4.78, 5) is 11.0. The number of ketones is 1. The van der Waals surface area contributed by atoms with Gasteiger partial charge in [-0.3, -0.25) is 4.79 Å². The van der Waals surface area contributed by atoms with Crippen LogP contribution in [0.4, 0.5) is 0 Å². The Hall–Kier alpha value is -0.850. The van der Waals surface area contributed by atoms with Gasteiger partial charge in [0.05, 0.1) is 0 Å². The molecule has 0 bridgehead atoms. The third kappa shape index (κ3) is 2.80. The molecule has 0 aliphatic heterocycles. The van der Waals surface area contributed by atoms with Gasteiger partial charge in [0.1, 0.15) is 0 Å². The molecule has 15 heavy (non-hydrogen) atoms. The maximum absolute atomic E-state index is 11.0. The van der Waals surface area contributed by atoms with Crippen molar-refractivity contribution in [2.75, 3.05) is 0 Å². The Morgan fingerprint density at radius 1 is 1.33 bits per heavy atom. The molecule has 0 heterocycles. The molecule has 1 heteroatoms. The molecular formula is C14H22O. The minimum atomic E-state index is 0.0160. The van der Waals surface area contributed by atoms with Gasteiger partial charge in [-0.1, -0.05) is 38.0 Å². The van der Waals surface area contributed by atoms with Gasteiger partial charge in [0.15, 0.2) is 5.78 Å². The Morgan fingerprint density at radius 3 is 2.27 bits per heavy atom. The maximum Gasteiger partial charge on any atom is 0.152 e. The Kier molecular flexibility index (Phi) is 3.90. The lowest BCUT2D eigenvalue weighted by atomic mass is 9.71. The zero-order chi connectivity index (χ0) is 11.5. The van der Waals surface area contributed by atoms with E-state index < -0.39 is 0 Å². The van der Waals surface area contributed by atoms with E-state index in [1.165, 1.54) is 31.3 Å². The Morgan fingerprint density at radius 2 is 1.87 bits per heavy atom. The highest BCUT2D eigenvalue weighted by molar-refractivity contribution is 5.87. The van der Waals surface area contributed by atoms with Gasteiger partial charge in [0.25, 0.3) is 0 Å². The van der Waals surface area contributed by atoms with Crippen LogP contribution in [0, 0.1) is 11.3 Å². The number of carbonyl (C=O) groups excluding carboxylic acids is 1. The maximum atomic E-state index is 11.0. The fourth-order valence-electron chi connectivity index (χ4n) is 2.44. The van der Waals surface area contributed by atoms with Gasteiger partial charge in [-0.15, -0.1) is 0 Å². The quantitative estimate of drug-likeness (QED) is 0.503. The zero-order valence-corrected chi connectivity index (χ0v) is 10.2. The zero-order valence-electron chi connectivity index (χ0n) is 10.2. The van der Waals surface area contributed by atoms with Crippen LogP contribution in [0.15, 0.2) is 24.3 Å². The second-order valence-corrected chi connectivity index (χ2v) is 4.99. The molecule has 1 rings (SSSR count). The molecule has 0 aromatic carbocycles. The monoisotopic (exact) mass is 206 g/mol. The first-order chi connectivity index (χ1) is 6.97. The third-order valence-electron chi connectivity index (χ3n) is 3.79. The van der Waals surface area contributed by atoms with Crippen molar-refractivity contribution in [3.8, 4) is 0 Å². The Labute approximate surface area is 93.3 Å². The predicted octanol–water partition coefficient (Wildman–Crippen LogP) is 3.90. The van der Waals surface area contributed by atoms with Crippen molar-refractivity contribution >= 4 is 5.78 Å². The average Bonchev–Trinajstić information content (AvgIpc) is 2.66. The predicted molar refractivity (Wildman–Crippen MR) is 64.7 cm³/mol. The second-order valence-electron chi connectivity index (χ2n) is 4.99. The number of rotatable bonds is 4. The van der Waals surface area contributed by atoms with Crippen molar-refractivity contribution < 1.29 is 4.79 Å². The van der Waals surface area contributed by atoms with E-state index in [4.69, 9.17) is 0 Å². The first-order valence-corrected chi connectivity index (χ1v) is 5.82. The van der Waals surface area contributed by atoms with Crippen LogP contribution in [0.5, 0.6) is 0 Å². The standard InChI is InChI=1S/C14H22O/c1-11(2)14(4,10-9-12(3)15)13-7-5-6-8-13/h9-10,13H,1,5-8H2,2-4H3/b10-9-. The summed E-state index contributed by atoms with van der Waals surface area (Å²) in [7, 11) is 0. The molecule has 0 radical (unpaired) electrons. The van der Waals surface area contributed by atoms with Gasteiger partial charge in [-0.25, -0.2) is 0 Å². The highest BCUT2D eigenvalue weighted by atomic mass is 16.1. The molecule has 1 aliphatic rings. The molecule has 1 saturated carbocycles. The minimum absolute atomic E-state index is 0.0160. The summed E-state index contributed by atoms with van der Waals surface area (Å²) in [5, 5.41) is 0. The van der Waals surface area contributed by atoms with Crippen LogP contribution in [-0.2, 0) is 4.79 Å². The molecule has 1 atom stereocenters. The molecule has 1 fully saturated rings. The van der Waals surface area contributed by atoms with E-state index in [0.29, 0.717) is 5.92 Å². The van der Waals surface area contributed by atoms with E-state index >= 15 is 0 Å². The molecule has 0 amide bonds. The van der Waals surface area contributed by atoms with Crippen molar-refractivity contribution in [2.24, 2.45) is 11.3 Å². The summed E-state index contributed by atoms with van der Waals surface area (Å²) in [6, 6.07) is 0. The lowest BCUT2D eigenvalue weighted by Crippen LogP contribution is -2.24. The van der Waals surface area contributed by atoms with Crippen LogP contribution in [0.3, 0.4) is 0 Å². The van der Waals surface area contributed by atoms with E-state index in [-0.39, 0.29) is 11.2 Å². The fourth-order valence-corrected chi connectivity index (χ4v) is 2.44. The molecule has 84 valence electrons. The number of allylic oxidation sites excluding steroid dienone is 3. The summed E-state index contributed by atoms with van der Waals surface area (Å²) in [6.45, 7) is 9.97. The first kappa shape index (κ1) is 12.2. The summed E-state index contributed by atoms with van der Waals surface area (Å²) >= 11 is 0. The third-order valence-corrected chi connectivity index (χ3v) is 3.79. The summed E-state index contributed by atoms with van der Waals surface area (Å²) in [5.41, 5.74) is 1.19. The topological polar surface area (TPSA) is 17.1 Å². The summed E-state index contributed by atoms with van der Waals surface area (Å²) in [6.07, 6.45) is 8.95. The highest BCUT2D eigenvalue weighted by Crippen LogP contribution is 2.45. The van der Waals surface area contributed by atoms with Gasteiger partial charge < -0.3 is 0 Å². The molecule has 1 nitrogen and oxygen atoms in total. The van der Waals surface area contributed by atoms with Crippen molar-refractivity contribution in [3.63, 3.8) is 0 Å². The van der Waals surface area contributed by atoms with E-state index in [2.05, 4.69) is 26.5 Å². The molecular weight excluding hydrogens is 184 g/mol. The van der Waals surface area contributed by atoms with Gasteiger partial charge in [0, 0.05) is 5.41 Å². The van der Waals surface area contributed by atoms with Gasteiger partial charge >= 0.3 is 0 Å². The van der Waals surface area contributed by atoms with Gasteiger partial charge in [-0.2, -0.15) is 0 Å². The van der Waals surface area contributed by atoms with E-state index in [1.807, 2.05) is 0 Å². The highest BCUT2D eigenvalue weighted by Gasteiger charge is 2.34. The van der Waals surface area contributed by atoms with E-state index in [0.717, 1.165) is 0 Å². The number of hydrogen-bond donors (Lipinski definition) is 0. The summed E-state index contributed by atoms with van der Waals surface area (Å²) < 4.78 is 0. The fraction of sp³-hybridized carbons (Fsp3) is 0.643. The number of carbonyl (C=O) groups is 1. The van der Waals surface area contributed by atoms with Gasteiger partial charge in [-0.05, 0) is 38.7 Å². The van der Waals surface area contributed by atoms with Crippen LogP contribution in [0.25, 0.3) is 0 Å². The molecule has 0 spiro atoms. The SMILES string of the molecule is C=C(C)C(C)(/C=C\C(C)=O)C1CCCC1. The van der Waals surface area contributed by atoms with E-state index in [1.54, 1.807) is 13.0 Å². The molecule has 0 saturated heterocycles. The molecule has 1 aliphatic carbocycles. The van der Waals surface area contributed by atoms with Gasteiger partial charge in [0.2, 0.25) is 0 Å². The van der Waals surface area contributed by atoms with Crippen LogP contribution < -0.4 is 0 Å². The van der Waals surface area contributed by atoms with Crippen LogP contribution in [0.2, 0.25) is 0 Å². The first-order valence-electron chi connectivity index (χ1n) is 5.82. The molecule has 0 aromatic heterocycles. The normalized spacial score (nSPS) is 21.8. The van der Waals surface area contributed by atoms with Crippen molar-refractivity contribution in [2.45, 2.75) is 46.5 Å². The second kappa shape index (κ2) is 4.78. The Bertz CT molecular complexity index is 282. The lowest BCUT2D eigenvalue weighted by molar-refractivity contribution is -0.112. The molecule has 0 aromatic rings. The van der Waals surface area contributed by atoms with E-state index in [9.17, 15) is 4.79 Å². The lowest BCUT2D eigenvalue weighted by Gasteiger charge is -2.33. The largest absolute Gasteiger partial charge is 0.295 e. The molecule has 0 N–H and O–H groups in total. The Balaban J connectivity index is 2.86. The number of hydrogen-bond acceptors (Lipinski definition) is 1. The molecule has 1 unspecified atom stereocenters. The van der Waals surface area contributed by atoms with Crippen molar-refractivity contribution in [1.29, 1.82) is 0 Å². The van der Waals surface area contributed by atoms with Crippen molar-refractivity contribution in [3.05, 3.63) is 24.3 Å². The van der Waals surface area contributed by atoms with Crippen LogP contribution >= 0.6 is 0 Å². The van der Waals surface area contributed by atoms with Crippen molar-refractivity contribution in [1.82, 2.24) is 0 Å². The smallest absolute Gasteiger partial charge is 0.152 e. The average molecular weight is 206 g/mol. The van der Waals surface area contributed by atoms with Crippen LogP contribution in [-0.4, -0.2) is 5.78 Å². The minimum Gasteiger partial charge on any atom is -0.295 e. The summed E-state index contributed by atoms with van der Waals surface area (Å²) in [5.74, 6) is 0.797. The van der Waals surface area contributed by atoms with Crippen LogP contribution in [0.1, 0.15) is 46.5 Å².